The average molecular weight is 392 g/mol. The van der Waals surface area contributed by atoms with Crippen molar-refractivity contribution in [1.82, 2.24) is 20.8 Å². The first-order chi connectivity index (χ1) is 13.9. The van der Waals surface area contributed by atoms with Gasteiger partial charge in [-0.2, -0.15) is 0 Å². The molecule has 2 aromatic carbocycles. The summed E-state index contributed by atoms with van der Waals surface area (Å²) in [6.07, 6.45) is 0. The van der Waals surface area contributed by atoms with Crippen molar-refractivity contribution in [3.8, 4) is 22.9 Å². The number of nitrogens with one attached hydrogen (secondary N) is 2. The van der Waals surface area contributed by atoms with Gasteiger partial charge < -0.3 is 15.1 Å². The number of carbonyl (C=O) groups is 2. The van der Waals surface area contributed by atoms with Gasteiger partial charge in [0.1, 0.15) is 0 Å². The van der Waals surface area contributed by atoms with Gasteiger partial charge in [-0.3, -0.25) is 9.59 Å². The monoisotopic (exact) mass is 392 g/mol. The summed E-state index contributed by atoms with van der Waals surface area (Å²) in [7, 11) is 0. The van der Waals surface area contributed by atoms with E-state index in [1.807, 2.05) is 45.0 Å². The Morgan fingerprint density at radius 2 is 1.59 bits per heavy atom. The van der Waals surface area contributed by atoms with Crippen LogP contribution in [0.15, 0.2) is 52.9 Å². The number of benzene rings is 2. The standard InChI is InChI=1S/C22H24N4O3/c1-14(2)19(27)23-11-12-24-20(28)16-7-9-17(10-8-16)21-25-26-22(29-21)18-6-4-5-15(3)13-18/h4-10,13-14H,11-12H2,1-3H3,(H,23,27)(H,24,28). The molecule has 0 unspecified atom stereocenters. The molecule has 0 aliphatic heterocycles. The number of amides is 2. The van der Waals surface area contributed by atoms with Crippen LogP contribution in [0.2, 0.25) is 0 Å². The summed E-state index contributed by atoms with van der Waals surface area (Å²) in [5.41, 5.74) is 3.23. The molecule has 1 heterocycles. The number of nitrogens with zero attached hydrogens (tertiary/aromatic N) is 2. The van der Waals surface area contributed by atoms with E-state index >= 15 is 0 Å². The fourth-order valence-electron chi connectivity index (χ4n) is 2.67. The van der Waals surface area contributed by atoms with Gasteiger partial charge in [0.2, 0.25) is 17.7 Å². The SMILES string of the molecule is Cc1cccc(-c2nnc(-c3ccc(C(=O)NCCNC(=O)C(C)C)cc3)o2)c1. The molecule has 0 radical (unpaired) electrons. The molecule has 2 N–H and O–H groups in total. The minimum Gasteiger partial charge on any atom is -0.416 e. The van der Waals surface area contributed by atoms with Crippen molar-refractivity contribution in [1.29, 1.82) is 0 Å². The lowest BCUT2D eigenvalue weighted by molar-refractivity contribution is -0.123. The lowest BCUT2D eigenvalue weighted by atomic mass is 10.1. The van der Waals surface area contributed by atoms with Crippen molar-refractivity contribution in [2.75, 3.05) is 13.1 Å². The molecule has 0 saturated carbocycles. The Hall–Kier alpha value is -3.48. The Morgan fingerprint density at radius 1 is 0.931 bits per heavy atom. The van der Waals surface area contributed by atoms with Crippen LogP contribution in [0.5, 0.6) is 0 Å². The van der Waals surface area contributed by atoms with E-state index < -0.39 is 0 Å². The lowest BCUT2D eigenvalue weighted by Crippen LogP contribution is -2.36. The highest BCUT2D eigenvalue weighted by Gasteiger charge is 2.12. The number of carbonyl (C=O) groups excluding carboxylic acids is 2. The van der Waals surface area contributed by atoms with E-state index in [1.165, 1.54) is 0 Å². The summed E-state index contributed by atoms with van der Waals surface area (Å²) >= 11 is 0. The van der Waals surface area contributed by atoms with Crippen LogP contribution in [0.1, 0.15) is 29.8 Å². The fourth-order valence-corrected chi connectivity index (χ4v) is 2.67. The average Bonchev–Trinajstić information content (AvgIpc) is 3.21. The van der Waals surface area contributed by atoms with Crippen LogP contribution >= 0.6 is 0 Å². The topological polar surface area (TPSA) is 97.1 Å². The van der Waals surface area contributed by atoms with Crippen molar-refractivity contribution in [3.63, 3.8) is 0 Å². The van der Waals surface area contributed by atoms with E-state index in [9.17, 15) is 9.59 Å². The molecule has 150 valence electrons. The smallest absolute Gasteiger partial charge is 0.251 e. The number of hydrogen-bond acceptors (Lipinski definition) is 5. The number of aromatic nitrogens is 2. The molecule has 0 aliphatic rings. The minimum absolute atomic E-state index is 0.0341. The van der Waals surface area contributed by atoms with Crippen molar-refractivity contribution in [2.24, 2.45) is 5.92 Å². The first-order valence-corrected chi connectivity index (χ1v) is 9.51. The zero-order chi connectivity index (χ0) is 20.8. The summed E-state index contributed by atoms with van der Waals surface area (Å²) in [6.45, 7) is 6.40. The largest absolute Gasteiger partial charge is 0.416 e. The Bertz CT molecular complexity index is 993. The zero-order valence-electron chi connectivity index (χ0n) is 16.7. The lowest BCUT2D eigenvalue weighted by Gasteiger charge is -2.09. The van der Waals surface area contributed by atoms with E-state index in [4.69, 9.17) is 4.42 Å². The molecule has 0 bridgehead atoms. The normalized spacial score (nSPS) is 10.8. The molecule has 0 aliphatic carbocycles. The van der Waals surface area contributed by atoms with Crippen LogP contribution in [-0.4, -0.2) is 35.1 Å². The second kappa shape index (κ2) is 9.14. The third kappa shape index (κ3) is 5.28. The number of hydrogen-bond donors (Lipinski definition) is 2. The van der Waals surface area contributed by atoms with Crippen molar-refractivity contribution >= 4 is 11.8 Å². The highest BCUT2D eigenvalue weighted by molar-refractivity contribution is 5.94. The Kier molecular flexibility index (Phi) is 6.39. The molecule has 0 spiro atoms. The van der Waals surface area contributed by atoms with Gasteiger partial charge in [-0.1, -0.05) is 31.5 Å². The van der Waals surface area contributed by atoms with Crippen LogP contribution in [-0.2, 0) is 4.79 Å². The van der Waals surface area contributed by atoms with Crippen molar-refractivity contribution in [2.45, 2.75) is 20.8 Å². The highest BCUT2D eigenvalue weighted by Crippen LogP contribution is 2.24. The predicted octanol–water partition coefficient (Wildman–Crippen LogP) is 3.21. The van der Waals surface area contributed by atoms with Gasteiger partial charge in [0.15, 0.2) is 0 Å². The summed E-state index contributed by atoms with van der Waals surface area (Å²) in [6, 6.07) is 14.8. The zero-order valence-corrected chi connectivity index (χ0v) is 16.7. The molecule has 7 nitrogen and oxygen atoms in total. The van der Waals surface area contributed by atoms with Gasteiger partial charge in [-0.05, 0) is 43.3 Å². The quantitative estimate of drug-likeness (QED) is 0.602. The molecular weight excluding hydrogens is 368 g/mol. The first-order valence-electron chi connectivity index (χ1n) is 9.51. The first kappa shape index (κ1) is 20.3. The second-order valence-corrected chi connectivity index (χ2v) is 7.06. The van der Waals surface area contributed by atoms with Crippen LogP contribution in [0.25, 0.3) is 22.9 Å². The van der Waals surface area contributed by atoms with Gasteiger partial charge in [-0.15, -0.1) is 10.2 Å². The summed E-state index contributed by atoms with van der Waals surface area (Å²) < 4.78 is 5.77. The molecular formula is C22H24N4O3. The van der Waals surface area contributed by atoms with Crippen molar-refractivity contribution < 1.29 is 14.0 Å². The van der Waals surface area contributed by atoms with Gasteiger partial charge in [-0.25, -0.2) is 0 Å². The maximum absolute atomic E-state index is 12.2. The molecule has 0 atom stereocenters. The maximum atomic E-state index is 12.2. The molecule has 0 fully saturated rings. The number of rotatable bonds is 7. The molecule has 3 rings (SSSR count). The van der Waals surface area contributed by atoms with Crippen molar-refractivity contribution in [3.05, 3.63) is 59.7 Å². The second-order valence-electron chi connectivity index (χ2n) is 7.06. The van der Waals surface area contributed by atoms with E-state index in [1.54, 1.807) is 24.3 Å². The van der Waals surface area contributed by atoms with E-state index in [0.717, 1.165) is 16.7 Å². The maximum Gasteiger partial charge on any atom is 0.251 e. The molecule has 7 heteroatoms. The van der Waals surface area contributed by atoms with E-state index in [2.05, 4.69) is 20.8 Å². The number of aryl methyl sites for hydroxylation is 1. The van der Waals surface area contributed by atoms with Gasteiger partial charge in [0.25, 0.3) is 5.91 Å². The molecule has 2 amide bonds. The van der Waals surface area contributed by atoms with Gasteiger partial charge in [0.05, 0.1) is 0 Å². The van der Waals surface area contributed by atoms with Crippen LogP contribution in [0, 0.1) is 12.8 Å². The fraction of sp³-hybridized carbons (Fsp3) is 0.273. The molecule has 3 aromatic rings. The summed E-state index contributed by atoms with van der Waals surface area (Å²) in [5.74, 6) is 0.530. The highest BCUT2D eigenvalue weighted by atomic mass is 16.4. The van der Waals surface area contributed by atoms with Gasteiger partial charge >= 0.3 is 0 Å². The van der Waals surface area contributed by atoms with E-state index in [-0.39, 0.29) is 17.7 Å². The van der Waals surface area contributed by atoms with Crippen LogP contribution in [0.4, 0.5) is 0 Å². The van der Waals surface area contributed by atoms with Crippen LogP contribution in [0.3, 0.4) is 0 Å². The summed E-state index contributed by atoms with van der Waals surface area (Å²) in [4.78, 5) is 23.7. The third-order valence-electron chi connectivity index (χ3n) is 4.32. The Morgan fingerprint density at radius 3 is 2.24 bits per heavy atom. The minimum atomic E-state index is -0.207. The Labute approximate surface area is 169 Å². The molecule has 1 aromatic heterocycles. The third-order valence-corrected chi connectivity index (χ3v) is 4.32. The predicted molar refractivity (Wildman–Crippen MR) is 110 cm³/mol. The van der Waals surface area contributed by atoms with Gasteiger partial charge in [0, 0.05) is 35.7 Å². The summed E-state index contributed by atoms with van der Waals surface area (Å²) in [5, 5.41) is 13.7. The molecule has 0 saturated heterocycles. The Balaban J connectivity index is 1.59. The van der Waals surface area contributed by atoms with Crippen LogP contribution < -0.4 is 10.6 Å². The molecule has 29 heavy (non-hydrogen) atoms. The van der Waals surface area contributed by atoms with E-state index in [0.29, 0.717) is 30.4 Å².